The summed E-state index contributed by atoms with van der Waals surface area (Å²) in [6.07, 6.45) is 6.30. The van der Waals surface area contributed by atoms with Gasteiger partial charge in [-0.05, 0) is 6.92 Å². The van der Waals surface area contributed by atoms with Gasteiger partial charge in [0, 0.05) is 11.5 Å². The van der Waals surface area contributed by atoms with E-state index in [0.29, 0.717) is 0 Å². The van der Waals surface area contributed by atoms with Gasteiger partial charge in [-0.2, -0.15) is 4.99 Å². The van der Waals surface area contributed by atoms with Crippen LogP contribution in [0.15, 0.2) is 28.8 Å². The fourth-order valence-corrected chi connectivity index (χ4v) is 1.44. The summed E-state index contributed by atoms with van der Waals surface area (Å²) >= 11 is 0. The number of hydrogen-bond donors (Lipinski definition) is 1. The number of aliphatic carboxylic acids is 1. The summed E-state index contributed by atoms with van der Waals surface area (Å²) in [6.45, 7) is 3.43. The van der Waals surface area contributed by atoms with Crippen LogP contribution in [0.4, 0.5) is 0 Å². The van der Waals surface area contributed by atoms with Crippen molar-refractivity contribution in [2.45, 2.75) is 19.4 Å². The lowest BCUT2D eigenvalue weighted by Crippen LogP contribution is -2.33. The van der Waals surface area contributed by atoms with E-state index in [4.69, 9.17) is 5.11 Å². The number of carboxylic acid groups (broad SMARTS) is 1. The second-order valence-electron chi connectivity index (χ2n) is 3.44. The highest BCUT2D eigenvalue weighted by atomic mass is 16.4. The molecule has 0 aromatic rings. The SMILES string of the molecule is CC1C(C(=O)O)=CC=CC1(C)N=C=O. The molecule has 0 bridgehead atoms. The van der Waals surface area contributed by atoms with Gasteiger partial charge >= 0.3 is 5.97 Å². The zero-order chi connectivity index (χ0) is 10.8. The zero-order valence-electron chi connectivity index (χ0n) is 8.02. The van der Waals surface area contributed by atoms with E-state index in [9.17, 15) is 9.59 Å². The summed E-state index contributed by atoms with van der Waals surface area (Å²) in [5, 5.41) is 8.87. The monoisotopic (exact) mass is 193 g/mol. The van der Waals surface area contributed by atoms with Crippen LogP contribution in [0.25, 0.3) is 0 Å². The van der Waals surface area contributed by atoms with E-state index < -0.39 is 11.5 Å². The van der Waals surface area contributed by atoms with Crippen molar-refractivity contribution in [2.24, 2.45) is 10.9 Å². The number of aliphatic imine (C=N–C) groups is 1. The quantitative estimate of drug-likeness (QED) is 0.531. The molecule has 0 fully saturated rings. The number of carbonyl (C=O) groups excluding carboxylic acids is 1. The number of nitrogens with zero attached hydrogens (tertiary/aromatic N) is 1. The van der Waals surface area contributed by atoms with Gasteiger partial charge < -0.3 is 5.11 Å². The van der Waals surface area contributed by atoms with Crippen molar-refractivity contribution in [3.05, 3.63) is 23.8 Å². The molecule has 0 aromatic carbocycles. The molecule has 0 aliphatic heterocycles. The molecule has 2 unspecified atom stereocenters. The summed E-state index contributed by atoms with van der Waals surface area (Å²) < 4.78 is 0. The average Bonchev–Trinajstić information content (AvgIpc) is 2.10. The number of isocyanates is 1. The topological polar surface area (TPSA) is 66.7 Å². The Bertz CT molecular complexity index is 364. The first-order valence-electron chi connectivity index (χ1n) is 4.23. The fraction of sp³-hybridized carbons (Fsp3) is 0.400. The van der Waals surface area contributed by atoms with E-state index in [-0.39, 0.29) is 11.5 Å². The second-order valence-corrected chi connectivity index (χ2v) is 3.44. The molecule has 4 heteroatoms. The molecule has 1 rings (SSSR count). The molecule has 74 valence electrons. The van der Waals surface area contributed by atoms with E-state index in [2.05, 4.69) is 4.99 Å². The van der Waals surface area contributed by atoms with E-state index in [0.717, 1.165) is 0 Å². The molecule has 0 radical (unpaired) electrons. The Kier molecular flexibility index (Phi) is 2.68. The molecule has 0 heterocycles. The van der Waals surface area contributed by atoms with E-state index in [1.807, 2.05) is 0 Å². The smallest absolute Gasteiger partial charge is 0.331 e. The Hall–Kier alpha value is -1.67. The number of carbonyl (C=O) groups is 1. The van der Waals surface area contributed by atoms with Crippen molar-refractivity contribution in [3.63, 3.8) is 0 Å². The van der Waals surface area contributed by atoms with Crippen LogP contribution in [-0.4, -0.2) is 22.7 Å². The van der Waals surface area contributed by atoms with E-state index in [1.54, 1.807) is 26.0 Å². The standard InChI is InChI=1S/C10H11NO3/c1-7-8(9(13)14)4-3-5-10(7,2)11-6-12/h3-5,7H,1-2H3,(H,13,14). The normalized spacial score (nSPS) is 30.4. The highest BCUT2D eigenvalue weighted by Gasteiger charge is 2.35. The van der Waals surface area contributed by atoms with Crippen LogP contribution in [-0.2, 0) is 9.59 Å². The van der Waals surface area contributed by atoms with Crippen LogP contribution in [0, 0.1) is 5.92 Å². The maximum Gasteiger partial charge on any atom is 0.331 e. The van der Waals surface area contributed by atoms with E-state index >= 15 is 0 Å². The fourth-order valence-electron chi connectivity index (χ4n) is 1.44. The first-order valence-corrected chi connectivity index (χ1v) is 4.23. The van der Waals surface area contributed by atoms with Gasteiger partial charge in [-0.1, -0.05) is 25.2 Å². The average molecular weight is 193 g/mol. The molecule has 2 atom stereocenters. The van der Waals surface area contributed by atoms with Crippen LogP contribution in [0.2, 0.25) is 0 Å². The Morgan fingerprint density at radius 2 is 2.36 bits per heavy atom. The molecular weight excluding hydrogens is 182 g/mol. The molecule has 0 saturated carbocycles. The Morgan fingerprint density at radius 1 is 1.71 bits per heavy atom. The van der Waals surface area contributed by atoms with Crippen molar-refractivity contribution >= 4 is 12.0 Å². The third-order valence-corrected chi connectivity index (χ3v) is 2.59. The predicted octanol–water partition coefficient (Wildman–Crippen LogP) is 1.30. The first-order chi connectivity index (χ1) is 6.51. The molecule has 14 heavy (non-hydrogen) atoms. The van der Waals surface area contributed by atoms with Gasteiger partial charge in [-0.15, -0.1) is 0 Å². The summed E-state index contributed by atoms with van der Waals surface area (Å²) in [6, 6.07) is 0. The van der Waals surface area contributed by atoms with Gasteiger partial charge in [0.05, 0.1) is 5.54 Å². The van der Waals surface area contributed by atoms with Gasteiger partial charge in [-0.25, -0.2) is 9.59 Å². The van der Waals surface area contributed by atoms with Crippen molar-refractivity contribution in [1.82, 2.24) is 0 Å². The van der Waals surface area contributed by atoms with Crippen molar-refractivity contribution in [3.8, 4) is 0 Å². The number of carboxylic acids is 1. The summed E-state index contributed by atoms with van der Waals surface area (Å²) in [7, 11) is 0. The predicted molar refractivity (Wildman–Crippen MR) is 50.5 cm³/mol. The maximum atomic E-state index is 10.8. The lowest BCUT2D eigenvalue weighted by molar-refractivity contribution is -0.133. The molecule has 0 spiro atoms. The third kappa shape index (κ3) is 1.65. The Labute approximate surface area is 81.7 Å². The van der Waals surface area contributed by atoms with Crippen LogP contribution in [0.5, 0.6) is 0 Å². The minimum Gasteiger partial charge on any atom is -0.478 e. The zero-order valence-corrected chi connectivity index (χ0v) is 8.02. The number of rotatable bonds is 2. The first kappa shape index (κ1) is 10.4. The molecule has 1 N–H and O–H groups in total. The number of allylic oxidation sites excluding steroid dienone is 2. The molecule has 0 amide bonds. The third-order valence-electron chi connectivity index (χ3n) is 2.59. The van der Waals surface area contributed by atoms with Crippen molar-refractivity contribution in [2.75, 3.05) is 0 Å². The largest absolute Gasteiger partial charge is 0.478 e. The molecule has 1 aliphatic rings. The Balaban J connectivity index is 3.11. The van der Waals surface area contributed by atoms with E-state index in [1.165, 1.54) is 12.2 Å². The lowest BCUT2D eigenvalue weighted by Gasteiger charge is -2.29. The Morgan fingerprint density at radius 3 is 2.86 bits per heavy atom. The second kappa shape index (κ2) is 3.60. The minimum atomic E-state index is -0.978. The van der Waals surface area contributed by atoms with Gasteiger partial charge in [0.15, 0.2) is 0 Å². The molecule has 1 aliphatic carbocycles. The molecular formula is C10H11NO3. The lowest BCUT2D eigenvalue weighted by atomic mass is 9.79. The van der Waals surface area contributed by atoms with Crippen LogP contribution < -0.4 is 0 Å². The highest BCUT2D eigenvalue weighted by Crippen LogP contribution is 2.32. The maximum absolute atomic E-state index is 10.8. The highest BCUT2D eigenvalue weighted by molar-refractivity contribution is 5.88. The van der Waals surface area contributed by atoms with Gasteiger partial charge in [0.1, 0.15) is 0 Å². The van der Waals surface area contributed by atoms with Crippen LogP contribution >= 0.6 is 0 Å². The summed E-state index contributed by atoms with van der Waals surface area (Å²) in [4.78, 5) is 24.7. The molecule has 4 nitrogen and oxygen atoms in total. The van der Waals surface area contributed by atoms with Gasteiger partial charge in [0.25, 0.3) is 0 Å². The van der Waals surface area contributed by atoms with Crippen molar-refractivity contribution in [1.29, 1.82) is 0 Å². The minimum absolute atomic E-state index is 0.258. The van der Waals surface area contributed by atoms with Crippen molar-refractivity contribution < 1.29 is 14.7 Å². The summed E-state index contributed by atoms with van der Waals surface area (Å²) in [5.41, 5.74) is -0.529. The van der Waals surface area contributed by atoms with Crippen LogP contribution in [0.3, 0.4) is 0 Å². The van der Waals surface area contributed by atoms with Crippen LogP contribution in [0.1, 0.15) is 13.8 Å². The van der Waals surface area contributed by atoms with Gasteiger partial charge in [-0.3, -0.25) is 0 Å². The molecule has 0 saturated heterocycles. The van der Waals surface area contributed by atoms with Gasteiger partial charge in [0.2, 0.25) is 6.08 Å². The molecule has 0 aromatic heterocycles. The number of hydrogen-bond acceptors (Lipinski definition) is 3. The summed E-state index contributed by atoms with van der Waals surface area (Å²) in [5.74, 6) is -1.30.